The Morgan fingerprint density at radius 1 is 1.09 bits per heavy atom. The highest BCUT2D eigenvalue weighted by Crippen LogP contribution is 2.62. The first-order valence-electron chi connectivity index (χ1n) is 12.0. The van der Waals surface area contributed by atoms with E-state index in [1.807, 2.05) is 12.1 Å². The molecule has 0 saturated heterocycles. The van der Waals surface area contributed by atoms with E-state index in [9.17, 15) is 17.6 Å². The summed E-state index contributed by atoms with van der Waals surface area (Å²) in [7, 11) is -2.45. The molecule has 5 atom stereocenters. The van der Waals surface area contributed by atoms with Crippen LogP contribution in [0.3, 0.4) is 0 Å². The maximum atomic E-state index is 13.2. The van der Waals surface area contributed by atoms with Gasteiger partial charge >= 0.3 is 16.3 Å². The van der Waals surface area contributed by atoms with Gasteiger partial charge in [0.15, 0.2) is 11.5 Å². The maximum Gasteiger partial charge on any atom is 0.343 e. The number of fused-ring (bicyclic) bond motifs is 5. The van der Waals surface area contributed by atoms with Crippen LogP contribution in [0.25, 0.3) is 0 Å². The quantitative estimate of drug-likeness (QED) is 0.476. The Morgan fingerprint density at radius 3 is 2.51 bits per heavy atom. The molecule has 0 amide bonds. The Labute approximate surface area is 205 Å². The lowest BCUT2D eigenvalue weighted by atomic mass is 9.55. The Hall–Kier alpha value is -2.49. The van der Waals surface area contributed by atoms with Crippen molar-refractivity contribution in [2.75, 3.05) is 7.11 Å². The van der Waals surface area contributed by atoms with Crippen LogP contribution < -0.4 is 14.6 Å². The monoisotopic (exact) mass is 503 g/mol. The van der Waals surface area contributed by atoms with Crippen molar-refractivity contribution < 1.29 is 31.3 Å². The molecule has 7 nitrogen and oxygen atoms in total. The van der Waals surface area contributed by atoms with E-state index < -0.39 is 22.1 Å². The second kappa shape index (κ2) is 8.87. The van der Waals surface area contributed by atoms with Crippen LogP contribution in [0.2, 0.25) is 0 Å². The summed E-state index contributed by atoms with van der Waals surface area (Å²) in [5.74, 6) is 0.918. The van der Waals surface area contributed by atoms with Gasteiger partial charge < -0.3 is 9.47 Å². The minimum absolute atomic E-state index is 0.222. The van der Waals surface area contributed by atoms with E-state index in [2.05, 4.69) is 6.92 Å². The fourth-order valence-corrected chi connectivity index (χ4v) is 7.47. The van der Waals surface area contributed by atoms with Crippen molar-refractivity contribution in [1.82, 2.24) is 0 Å². The van der Waals surface area contributed by atoms with Crippen molar-refractivity contribution in [3.05, 3.63) is 58.9 Å². The lowest BCUT2D eigenvalue weighted by Gasteiger charge is -2.50. The molecule has 0 aliphatic heterocycles. The second-order valence-corrected chi connectivity index (χ2v) is 11.4. The number of aryl methyl sites for hydroxylation is 1. The van der Waals surface area contributed by atoms with Gasteiger partial charge in [0.25, 0.3) is 0 Å². The predicted molar refractivity (Wildman–Crippen MR) is 127 cm³/mol. The standard InChI is InChI=1S/C26H30FNO6S/c1-26-12-11-18-19(21(26)9-10-24(26)34-35(28,30)31)8-5-16-13-23(22(32-2)14-20(16)18)33-25(29)15-3-6-17(27)7-4-15/h3-4,6-7,13-14,18-19,21,24H,5,8-12H2,1-2H3,(H2,28,30,31)/t18?,19?,21?,24-,26-/m0/s1. The van der Waals surface area contributed by atoms with Crippen LogP contribution in [-0.2, 0) is 20.9 Å². The normalized spacial score (nSPS) is 29.6. The number of hydrogen-bond acceptors (Lipinski definition) is 6. The van der Waals surface area contributed by atoms with Gasteiger partial charge in [-0.05, 0) is 109 Å². The molecular formula is C26H30FNO6S. The van der Waals surface area contributed by atoms with Gasteiger partial charge in [-0.25, -0.2) is 14.3 Å². The van der Waals surface area contributed by atoms with Crippen molar-refractivity contribution in [2.24, 2.45) is 22.4 Å². The number of methoxy groups -OCH3 is 1. The molecule has 0 spiro atoms. The topological polar surface area (TPSA) is 105 Å². The van der Waals surface area contributed by atoms with Crippen LogP contribution in [-0.4, -0.2) is 27.6 Å². The Balaban J connectivity index is 1.40. The summed E-state index contributed by atoms with van der Waals surface area (Å²) < 4.78 is 53.0. The summed E-state index contributed by atoms with van der Waals surface area (Å²) in [4.78, 5) is 12.6. The number of halogens is 1. The molecule has 0 heterocycles. The van der Waals surface area contributed by atoms with Gasteiger partial charge in [0, 0.05) is 0 Å². The smallest absolute Gasteiger partial charge is 0.343 e. The first kappa shape index (κ1) is 24.2. The highest BCUT2D eigenvalue weighted by molar-refractivity contribution is 7.84. The molecule has 9 heteroatoms. The molecule has 2 aromatic carbocycles. The second-order valence-electron chi connectivity index (χ2n) is 10.2. The number of carbonyl (C=O) groups excluding carboxylic acids is 1. The average molecular weight is 504 g/mol. The molecule has 0 radical (unpaired) electrons. The van der Waals surface area contributed by atoms with Crippen LogP contribution in [0.5, 0.6) is 11.5 Å². The average Bonchev–Trinajstić information content (AvgIpc) is 3.13. The minimum atomic E-state index is -4.00. The summed E-state index contributed by atoms with van der Waals surface area (Å²) in [6, 6.07) is 9.09. The van der Waals surface area contributed by atoms with Crippen LogP contribution >= 0.6 is 0 Å². The van der Waals surface area contributed by atoms with E-state index >= 15 is 0 Å². The Kier molecular flexibility index (Phi) is 6.14. The van der Waals surface area contributed by atoms with Crippen LogP contribution in [0.15, 0.2) is 36.4 Å². The third kappa shape index (κ3) is 4.45. The number of benzene rings is 2. The number of rotatable bonds is 5. The molecular weight excluding hydrogens is 473 g/mol. The van der Waals surface area contributed by atoms with Crippen LogP contribution in [0, 0.1) is 23.1 Å². The van der Waals surface area contributed by atoms with Crippen molar-refractivity contribution in [2.45, 2.75) is 57.5 Å². The van der Waals surface area contributed by atoms with E-state index in [0.29, 0.717) is 35.7 Å². The summed E-state index contributed by atoms with van der Waals surface area (Å²) in [6.07, 6.45) is 4.78. The summed E-state index contributed by atoms with van der Waals surface area (Å²) in [5.41, 5.74) is 2.38. The minimum Gasteiger partial charge on any atom is -0.493 e. The van der Waals surface area contributed by atoms with Crippen molar-refractivity contribution in [1.29, 1.82) is 0 Å². The van der Waals surface area contributed by atoms with Gasteiger partial charge in [0.1, 0.15) is 5.82 Å². The van der Waals surface area contributed by atoms with E-state index in [1.165, 1.54) is 29.8 Å². The molecule has 2 fully saturated rings. The summed E-state index contributed by atoms with van der Waals surface area (Å²) in [5, 5.41) is 5.20. The molecule has 3 aliphatic rings. The fourth-order valence-electron chi connectivity index (χ4n) is 6.83. The Morgan fingerprint density at radius 2 is 1.83 bits per heavy atom. The van der Waals surface area contributed by atoms with E-state index in [0.717, 1.165) is 37.7 Å². The van der Waals surface area contributed by atoms with Gasteiger partial charge in [-0.2, -0.15) is 8.42 Å². The lowest BCUT2D eigenvalue weighted by Crippen LogP contribution is -2.45. The number of esters is 1. The molecule has 2 N–H and O–H groups in total. The molecule has 188 valence electrons. The van der Waals surface area contributed by atoms with Gasteiger partial charge in [-0.3, -0.25) is 4.18 Å². The maximum absolute atomic E-state index is 13.2. The first-order chi connectivity index (χ1) is 16.6. The number of carbonyl (C=O) groups is 1. The molecule has 3 aliphatic carbocycles. The molecule has 35 heavy (non-hydrogen) atoms. The molecule has 5 rings (SSSR count). The van der Waals surface area contributed by atoms with Crippen LogP contribution in [0.1, 0.15) is 66.4 Å². The highest BCUT2D eigenvalue weighted by Gasteiger charge is 2.56. The number of hydrogen-bond donors (Lipinski definition) is 1. The summed E-state index contributed by atoms with van der Waals surface area (Å²) >= 11 is 0. The van der Waals surface area contributed by atoms with E-state index in [4.69, 9.17) is 18.8 Å². The zero-order valence-electron chi connectivity index (χ0n) is 19.8. The SMILES string of the molecule is COc1cc2c(cc1OC(=O)c1ccc(F)cc1)CCC1C2CC[C@@]2(C)C1CC[C@@H]2OS(N)(=O)=O. The molecule has 3 unspecified atom stereocenters. The van der Waals surface area contributed by atoms with Crippen molar-refractivity contribution >= 4 is 16.3 Å². The van der Waals surface area contributed by atoms with Crippen molar-refractivity contribution in [3.8, 4) is 11.5 Å². The highest BCUT2D eigenvalue weighted by atomic mass is 32.2. The van der Waals surface area contributed by atoms with Gasteiger partial charge in [0.05, 0.1) is 18.8 Å². The fraction of sp³-hybridized carbons (Fsp3) is 0.500. The molecule has 2 aromatic rings. The molecule has 0 bridgehead atoms. The Bertz CT molecular complexity index is 1250. The lowest BCUT2D eigenvalue weighted by molar-refractivity contribution is -0.00806. The van der Waals surface area contributed by atoms with Gasteiger partial charge in [-0.1, -0.05) is 6.92 Å². The third-order valence-electron chi connectivity index (χ3n) is 8.45. The van der Waals surface area contributed by atoms with E-state index in [1.54, 1.807) is 7.11 Å². The van der Waals surface area contributed by atoms with Crippen molar-refractivity contribution in [3.63, 3.8) is 0 Å². The van der Waals surface area contributed by atoms with Gasteiger partial charge in [-0.15, -0.1) is 0 Å². The van der Waals surface area contributed by atoms with Crippen LogP contribution in [0.4, 0.5) is 4.39 Å². The summed E-state index contributed by atoms with van der Waals surface area (Å²) in [6.45, 7) is 2.14. The third-order valence-corrected chi connectivity index (χ3v) is 8.96. The first-order valence-corrected chi connectivity index (χ1v) is 13.5. The zero-order chi connectivity index (χ0) is 25.0. The molecule has 0 aromatic heterocycles. The number of nitrogens with two attached hydrogens (primary N) is 1. The van der Waals surface area contributed by atoms with Gasteiger partial charge in [0.2, 0.25) is 0 Å². The van der Waals surface area contributed by atoms with E-state index in [-0.39, 0.29) is 17.1 Å². The number of ether oxygens (including phenoxy) is 2. The molecule has 2 saturated carbocycles. The predicted octanol–water partition coefficient (Wildman–Crippen LogP) is 4.50. The largest absolute Gasteiger partial charge is 0.493 e. The zero-order valence-corrected chi connectivity index (χ0v) is 20.6.